The molecule has 0 spiro atoms. The topological polar surface area (TPSA) is 90.6 Å². The Morgan fingerprint density at radius 1 is 1.02 bits per heavy atom. The second-order valence-electron chi connectivity index (χ2n) is 12.6. The number of anilines is 2. The minimum atomic E-state index is -0.532. The number of aromatic nitrogens is 4. The van der Waals surface area contributed by atoms with Gasteiger partial charge in [-0.25, -0.2) is 9.37 Å². The summed E-state index contributed by atoms with van der Waals surface area (Å²) in [6.07, 6.45) is 7.79. The molecule has 1 N–H and O–H groups in total. The number of fused-ring (bicyclic) bond motifs is 1. The molecule has 0 unspecified atom stereocenters. The third-order valence-corrected chi connectivity index (χ3v) is 8.93. The zero-order chi connectivity index (χ0) is 31.0. The summed E-state index contributed by atoms with van der Waals surface area (Å²) in [4.78, 5) is 34.2. The molecular weight excluding hydrogens is 557 g/mol. The molecule has 2 aliphatic rings. The number of pyridine rings is 4. The van der Waals surface area contributed by atoms with Gasteiger partial charge in [0.1, 0.15) is 5.65 Å². The first-order valence-electron chi connectivity index (χ1n) is 15.7. The highest BCUT2D eigenvalue weighted by atomic mass is 19.1. The largest absolute Gasteiger partial charge is 0.391 e. The van der Waals surface area contributed by atoms with Gasteiger partial charge >= 0.3 is 0 Å². The zero-order valence-electron chi connectivity index (χ0n) is 26.1. The lowest BCUT2D eigenvalue weighted by Gasteiger charge is -2.40. The molecule has 4 aromatic rings. The fraction of sp³-hybridized carbons (Fsp3) is 0.471. The van der Waals surface area contributed by atoms with Crippen molar-refractivity contribution < 1.29 is 9.50 Å². The van der Waals surface area contributed by atoms with Crippen LogP contribution < -0.4 is 15.2 Å². The monoisotopic (exact) mass is 599 g/mol. The van der Waals surface area contributed by atoms with Crippen LogP contribution in [0, 0.1) is 19.7 Å². The molecule has 0 aliphatic carbocycles. The Balaban J connectivity index is 1.37. The molecule has 0 aromatic carbocycles. The van der Waals surface area contributed by atoms with E-state index in [-0.39, 0.29) is 28.7 Å². The normalized spacial score (nSPS) is 19.1. The smallest absolute Gasteiger partial charge is 0.195 e. The van der Waals surface area contributed by atoms with Crippen molar-refractivity contribution in [1.82, 2.24) is 24.4 Å². The van der Waals surface area contributed by atoms with Crippen LogP contribution in [0.3, 0.4) is 0 Å². The fourth-order valence-corrected chi connectivity index (χ4v) is 6.56. The second kappa shape index (κ2) is 12.6. The number of nitrogens with zero attached hydrogens (tertiary/aromatic N) is 7. The van der Waals surface area contributed by atoms with Gasteiger partial charge in [0, 0.05) is 80.7 Å². The third-order valence-electron chi connectivity index (χ3n) is 8.93. The summed E-state index contributed by atoms with van der Waals surface area (Å²) in [6.45, 7) is 11.8. The van der Waals surface area contributed by atoms with Crippen LogP contribution in [-0.4, -0.2) is 67.9 Å². The first-order chi connectivity index (χ1) is 21.2. The van der Waals surface area contributed by atoms with Gasteiger partial charge in [-0.2, -0.15) is 0 Å². The summed E-state index contributed by atoms with van der Waals surface area (Å²) >= 11 is 0. The Morgan fingerprint density at radius 2 is 1.86 bits per heavy atom. The number of β-amino-alcohol motifs (C(OH)–C–C–N with tert-alkyl or cyclic N) is 1. The van der Waals surface area contributed by atoms with Crippen LogP contribution in [0.1, 0.15) is 61.7 Å². The van der Waals surface area contributed by atoms with Gasteiger partial charge < -0.3 is 19.5 Å². The second-order valence-corrected chi connectivity index (χ2v) is 12.6. The number of piperidine rings is 1. The highest BCUT2D eigenvalue weighted by molar-refractivity contribution is 5.78. The highest BCUT2D eigenvalue weighted by Gasteiger charge is 2.29. The van der Waals surface area contributed by atoms with Crippen molar-refractivity contribution in [3.8, 4) is 0 Å². The maximum atomic E-state index is 15.5. The van der Waals surface area contributed by atoms with Crippen molar-refractivity contribution in [2.45, 2.75) is 78.2 Å². The highest BCUT2D eigenvalue weighted by Crippen LogP contribution is 2.28. The van der Waals surface area contributed by atoms with E-state index in [0.29, 0.717) is 43.8 Å². The third kappa shape index (κ3) is 6.32. The molecule has 6 heterocycles. The molecule has 2 aliphatic heterocycles. The van der Waals surface area contributed by atoms with Crippen molar-refractivity contribution in [3.63, 3.8) is 0 Å². The zero-order valence-corrected chi connectivity index (χ0v) is 26.1. The maximum absolute atomic E-state index is 15.5. The Kier molecular flexibility index (Phi) is 8.64. The number of hydrogen-bond acceptors (Lipinski definition) is 8. The summed E-state index contributed by atoms with van der Waals surface area (Å²) in [6, 6.07) is 9.85. The molecular formula is C34H42FN7O2. The minimum Gasteiger partial charge on any atom is -0.391 e. The van der Waals surface area contributed by atoms with E-state index in [0.717, 1.165) is 48.6 Å². The molecule has 44 heavy (non-hydrogen) atoms. The molecule has 4 aromatic heterocycles. The lowest BCUT2D eigenvalue weighted by atomic mass is 10.0. The molecule has 2 fully saturated rings. The van der Waals surface area contributed by atoms with Gasteiger partial charge in [0.05, 0.1) is 23.4 Å². The number of aryl methyl sites for hydroxylation is 2. The molecule has 6 rings (SSSR count). The van der Waals surface area contributed by atoms with E-state index in [1.165, 1.54) is 6.07 Å². The van der Waals surface area contributed by atoms with Gasteiger partial charge in [0.15, 0.2) is 17.1 Å². The number of aliphatic hydroxyl groups is 1. The molecule has 10 heteroatoms. The molecule has 0 bridgehead atoms. The van der Waals surface area contributed by atoms with E-state index < -0.39 is 11.9 Å². The summed E-state index contributed by atoms with van der Waals surface area (Å²) in [5.41, 5.74) is 5.09. The van der Waals surface area contributed by atoms with Crippen LogP contribution in [0.4, 0.5) is 15.9 Å². The molecule has 232 valence electrons. The lowest BCUT2D eigenvalue weighted by Crippen LogP contribution is -2.48. The van der Waals surface area contributed by atoms with Gasteiger partial charge in [-0.1, -0.05) is 0 Å². The van der Waals surface area contributed by atoms with Crippen LogP contribution in [0.15, 0.2) is 53.7 Å². The average molecular weight is 600 g/mol. The molecule has 0 radical (unpaired) electrons. The fourth-order valence-electron chi connectivity index (χ4n) is 6.56. The van der Waals surface area contributed by atoms with Crippen molar-refractivity contribution in [2.24, 2.45) is 0 Å². The summed E-state index contributed by atoms with van der Waals surface area (Å²) < 4.78 is 17.5. The quantitative estimate of drug-likeness (QED) is 0.310. The van der Waals surface area contributed by atoms with E-state index in [2.05, 4.69) is 36.9 Å². The van der Waals surface area contributed by atoms with Crippen molar-refractivity contribution in [1.29, 1.82) is 0 Å². The van der Waals surface area contributed by atoms with Gasteiger partial charge in [-0.3, -0.25) is 19.7 Å². The van der Waals surface area contributed by atoms with Crippen LogP contribution in [0.25, 0.3) is 11.0 Å². The van der Waals surface area contributed by atoms with Crippen molar-refractivity contribution in [3.05, 3.63) is 87.5 Å². The molecule has 0 amide bonds. The van der Waals surface area contributed by atoms with Crippen LogP contribution in [0.5, 0.6) is 0 Å². The van der Waals surface area contributed by atoms with Crippen LogP contribution >= 0.6 is 0 Å². The summed E-state index contributed by atoms with van der Waals surface area (Å²) in [5, 5.41) is 10.3. The van der Waals surface area contributed by atoms with E-state index in [9.17, 15) is 9.90 Å². The predicted octanol–water partition coefficient (Wildman–Crippen LogP) is 4.77. The van der Waals surface area contributed by atoms with Crippen LogP contribution in [0.2, 0.25) is 0 Å². The molecule has 2 saturated heterocycles. The lowest BCUT2D eigenvalue weighted by molar-refractivity contribution is 0.158. The summed E-state index contributed by atoms with van der Waals surface area (Å²) in [5.74, 6) is -0.340. The van der Waals surface area contributed by atoms with E-state index >= 15 is 4.39 Å². The van der Waals surface area contributed by atoms with E-state index in [1.54, 1.807) is 4.90 Å². The average Bonchev–Trinajstić information content (AvgIpc) is 3.44. The Bertz CT molecular complexity index is 1690. The summed E-state index contributed by atoms with van der Waals surface area (Å²) in [7, 11) is 0. The predicted molar refractivity (Wildman–Crippen MR) is 172 cm³/mol. The minimum absolute atomic E-state index is 0.00216. The molecule has 9 nitrogen and oxygen atoms in total. The van der Waals surface area contributed by atoms with Gasteiger partial charge in [-0.15, -0.1) is 0 Å². The SMILES string of the molecule is Cc1ccc(N2CCC[C@H](N(Cc3ccnc(C)c3)Cc3cn(C(C)C)c4nc(N5CC[C@@H](O)C5)c(F)cc4c3=O)C2)cn1. The van der Waals surface area contributed by atoms with Gasteiger partial charge in [0.25, 0.3) is 0 Å². The first-order valence-corrected chi connectivity index (χ1v) is 15.7. The van der Waals surface area contributed by atoms with Crippen LogP contribution in [-0.2, 0) is 13.1 Å². The Labute approximate surface area is 258 Å². The Hall–Kier alpha value is -3.89. The number of rotatable bonds is 8. The van der Waals surface area contributed by atoms with Crippen molar-refractivity contribution in [2.75, 3.05) is 36.0 Å². The van der Waals surface area contributed by atoms with E-state index in [1.807, 2.05) is 63.0 Å². The molecule has 0 saturated carbocycles. The maximum Gasteiger partial charge on any atom is 0.195 e. The standard InChI is InChI=1S/C34H42FN7O2/c1-22(2)42-19-26(32(44)30-15-31(35)34(38-33(30)42)40-13-10-29(43)21-40)18-41(17-25-9-11-36-24(4)14-25)28-6-5-12-39(20-28)27-8-7-23(3)37-16-27/h7-9,11,14-16,19,22,28-29,43H,5-6,10,12-13,17-18,20-21H2,1-4H3/t28-,29+/m0/s1. The molecule has 2 atom stereocenters. The first kappa shape index (κ1) is 30.1. The van der Waals surface area contributed by atoms with Gasteiger partial charge in [-0.05, 0) is 82.9 Å². The van der Waals surface area contributed by atoms with Crippen molar-refractivity contribution >= 4 is 22.5 Å². The number of aliphatic hydroxyl groups excluding tert-OH is 1. The number of halogens is 1. The van der Waals surface area contributed by atoms with E-state index in [4.69, 9.17) is 0 Å². The van der Waals surface area contributed by atoms with Gasteiger partial charge in [0.2, 0.25) is 0 Å². The number of hydrogen-bond donors (Lipinski definition) is 1. The Morgan fingerprint density at radius 3 is 2.57 bits per heavy atom.